The average Bonchev–Trinajstić information content (AvgIpc) is 2.37. The van der Waals surface area contributed by atoms with Crippen LogP contribution >= 0.6 is 0 Å². The lowest BCUT2D eigenvalue weighted by molar-refractivity contribution is -0.139. The zero-order chi connectivity index (χ0) is 15.3. The molecule has 0 saturated carbocycles. The average molecular weight is 285 g/mol. The van der Waals surface area contributed by atoms with Gasteiger partial charge in [0.05, 0.1) is 0 Å². The first kappa shape index (κ1) is 16.3. The third-order valence-corrected chi connectivity index (χ3v) is 3.54. The molecule has 1 aliphatic heterocycles. The van der Waals surface area contributed by atoms with Gasteiger partial charge in [-0.1, -0.05) is 19.8 Å². The Morgan fingerprint density at radius 3 is 2.70 bits per heavy atom. The maximum absolute atomic E-state index is 12.2. The number of carboxylic acids is 1. The predicted octanol–water partition coefficient (Wildman–Crippen LogP) is 0.550. The molecular weight excluding hydrogens is 262 g/mol. The van der Waals surface area contributed by atoms with Crippen molar-refractivity contribution in [2.45, 2.75) is 51.6 Å². The van der Waals surface area contributed by atoms with E-state index in [1.807, 2.05) is 6.92 Å². The van der Waals surface area contributed by atoms with Crippen LogP contribution in [0.3, 0.4) is 0 Å². The largest absolute Gasteiger partial charge is 0.480 e. The predicted molar refractivity (Wildman–Crippen MR) is 73.3 cm³/mol. The smallest absolute Gasteiger partial charge is 0.326 e. The summed E-state index contributed by atoms with van der Waals surface area (Å²) in [7, 11) is 0. The van der Waals surface area contributed by atoms with Gasteiger partial charge in [-0.15, -0.1) is 0 Å². The maximum atomic E-state index is 12.2. The number of carbonyl (C=O) groups is 3. The van der Waals surface area contributed by atoms with Crippen LogP contribution in [-0.4, -0.2) is 52.6 Å². The molecule has 0 radical (unpaired) electrons. The van der Waals surface area contributed by atoms with Crippen LogP contribution < -0.4 is 10.6 Å². The topological polar surface area (TPSA) is 98.7 Å². The molecule has 7 heteroatoms. The first-order valence-electron chi connectivity index (χ1n) is 6.90. The van der Waals surface area contributed by atoms with E-state index in [2.05, 4.69) is 10.6 Å². The lowest BCUT2D eigenvalue weighted by atomic mass is 9.99. The number of piperazine rings is 1. The minimum atomic E-state index is -1.05. The van der Waals surface area contributed by atoms with Gasteiger partial charge < -0.3 is 20.6 Å². The third kappa shape index (κ3) is 3.61. The minimum absolute atomic E-state index is 0.237. The summed E-state index contributed by atoms with van der Waals surface area (Å²) in [4.78, 5) is 36.5. The van der Waals surface area contributed by atoms with Gasteiger partial charge in [0, 0.05) is 13.1 Å². The molecule has 0 spiro atoms. The number of aliphatic carboxylic acids is 1. The molecule has 0 aromatic carbocycles. The molecular formula is C13H23N3O4. The second kappa shape index (κ2) is 6.58. The summed E-state index contributed by atoms with van der Waals surface area (Å²) < 4.78 is 0. The van der Waals surface area contributed by atoms with Gasteiger partial charge in [0.15, 0.2) is 0 Å². The normalized spacial score (nSPS) is 19.1. The lowest BCUT2D eigenvalue weighted by Gasteiger charge is -2.41. The first-order valence-corrected chi connectivity index (χ1v) is 6.90. The molecule has 3 amide bonds. The molecule has 1 atom stereocenters. The Morgan fingerprint density at radius 2 is 2.15 bits per heavy atom. The van der Waals surface area contributed by atoms with Gasteiger partial charge in [0.25, 0.3) is 0 Å². The number of rotatable bonds is 5. The van der Waals surface area contributed by atoms with E-state index >= 15 is 0 Å². The highest BCUT2D eigenvalue weighted by Gasteiger charge is 2.41. The van der Waals surface area contributed by atoms with E-state index < -0.39 is 23.6 Å². The first-order chi connectivity index (χ1) is 9.30. The molecule has 20 heavy (non-hydrogen) atoms. The van der Waals surface area contributed by atoms with E-state index in [1.165, 1.54) is 4.90 Å². The van der Waals surface area contributed by atoms with E-state index in [4.69, 9.17) is 5.11 Å². The van der Waals surface area contributed by atoms with Crippen molar-refractivity contribution in [3.8, 4) is 0 Å². The van der Waals surface area contributed by atoms with E-state index in [0.717, 1.165) is 12.8 Å². The summed E-state index contributed by atoms with van der Waals surface area (Å²) >= 11 is 0. The highest BCUT2D eigenvalue weighted by molar-refractivity contribution is 5.92. The molecule has 0 aromatic rings. The number of hydrogen-bond acceptors (Lipinski definition) is 3. The van der Waals surface area contributed by atoms with Crippen molar-refractivity contribution in [2.24, 2.45) is 0 Å². The Hall–Kier alpha value is -1.79. The van der Waals surface area contributed by atoms with Crippen molar-refractivity contribution < 1.29 is 19.5 Å². The van der Waals surface area contributed by atoms with Crippen molar-refractivity contribution in [2.75, 3.05) is 13.1 Å². The molecule has 7 nitrogen and oxygen atoms in total. The van der Waals surface area contributed by atoms with Gasteiger partial charge in [-0.25, -0.2) is 9.59 Å². The summed E-state index contributed by atoms with van der Waals surface area (Å²) in [5.74, 6) is -1.29. The fourth-order valence-electron chi connectivity index (χ4n) is 2.15. The van der Waals surface area contributed by atoms with E-state index in [-0.39, 0.29) is 5.91 Å². The summed E-state index contributed by atoms with van der Waals surface area (Å²) in [6.07, 6.45) is 1.97. The highest BCUT2D eigenvalue weighted by Crippen LogP contribution is 2.18. The van der Waals surface area contributed by atoms with Crippen molar-refractivity contribution in [3.63, 3.8) is 0 Å². The highest BCUT2D eigenvalue weighted by atomic mass is 16.4. The van der Waals surface area contributed by atoms with Crippen LogP contribution in [0, 0.1) is 0 Å². The Labute approximate surface area is 118 Å². The number of carboxylic acid groups (broad SMARTS) is 1. The number of nitrogens with one attached hydrogen (secondary N) is 2. The van der Waals surface area contributed by atoms with Gasteiger partial charge in [0.1, 0.15) is 11.6 Å². The molecule has 1 fully saturated rings. The van der Waals surface area contributed by atoms with Gasteiger partial charge in [0.2, 0.25) is 5.91 Å². The van der Waals surface area contributed by atoms with Gasteiger partial charge in [-0.3, -0.25) is 4.79 Å². The molecule has 114 valence electrons. The van der Waals surface area contributed by atoms with Crippen LogP contribution in [0.2, 0.25) is 0 Å². The van der Waals surface area contributed by atoms with Crippen LogP contribution in [0.25, 0.3) is 0 Å². The second-order valence-electron chi connectivity index (χ2n) is 5.45. The van der Waals surface area contributed by atoms with Crippen LogP contribution in [0.5, 0.6) is 0 Å². The zero-order valence-corrected chi connectivity index (χ0v) is 12.2. The number of amides is 3. The summed E-state index contributed by atoms with van der Waals surface area (Å²) in [6.45, 7) is 5.98. The number of hydrogen-bond donors (Lipinski definition) is 3. The lowest BCUT2D eigenvalue weighted by Crippen LogP contribution is -2.66. The number of carbonyl (C=O) groups excluding carboxylic acids is 2. The molecule has 0 bridgehead atoms. The van der Waals surface area contributed by atoms with Crippen molar-refractivity contribution >= 4 is 17.9 Å². The number of nitrogens with zero attached hydrogens (tertiary/aromatic N) is 1. The molecule has 1 heterocycles. The minimum Gasteiger partial charge on any atom is -0.480 e. The standard InChI is InChI=1S/C13H23N3O4/c1-4-5-6-9(10(17)18)15-12(20)16-8-7-14-11(19)13(16,2)3/h9H,4-8H2,1-3H3,(H,14,19)(H,15,20)(H,17,18)/t9-/m0/s1. The SMILES string of the molecule is CCCC[C@H](NC(=O)N1CCNC(=O)C1(C)C)C(=O)O. The Bertz CT molecular complexity index is 395. The second-order valence-corrected chi connectivity index (χ2v) is 5.45. The molecule has 0 unspecified atom stereocenters. The molecule has 1 aliphatic rings. The summed E-state index contributed by atoms with van der Waals surface area (Å²) in [6, 6.07) is -1.42. The number of unbranched alkanes of at least 4 members (excludes halogenated alkanes) is 1. The van der Waals surface area contributed by atoms with Crippen LogP contribution in [0.1, 0.15) is 40.0 Å². The fraction of sp³-hybridized carbons (Fsp3) is 0.769. The summed E-state index contributed by atoms with van der Waals surface area (Å²) in [5.41, 5.74) is -0.976. The molecule has 0 aliphatic carbocycles. The molecule has 0 aromatic heterocycles. The van der Waals surface area contributed by atoms with Crippen LogP contribution in [0.15, 0.2) is 0 Å². The molecule has 1 saturated heterocycles. The molecule has 3 N–H and O–H groups in total. The quantitative estimate of drug-likeness (QED) is 0.687. The van der Waals surface area contributed by atoms with Crippen molar-refractivity contribution in [1.82, 2.24) is 15.5 Å². The summed E-state index contributed by atoms with van der Waals surface area (Å²) in [5, 5.41) is 14.3. The van der Waals surface area contributed by atoms with Crippen LogP contribution in [-0.2, 0) is 9.59 Å². The van der Waals surface area contributed by atoms with Crippen molar-refractivity contribution in [1.29, 1.82) is 0 Å². The van der Waals surface area contributed by atoms with Crippen LogP contribution in [0.4, 0.5) is 4.79 Å². The molecule has 1 rings (SSSR count). The number of urea groups is 1. The zero-order valence-electron chi connectivity index (χ0n) is 12.2. The van der Waals surface area contributed by atoms with Gasteiger partial charge in [-0.05, 0) is 20.3 Å². The Balaban J connectivity index is 2.72. The van der Waals surface area contributed by atoms with Gasteiger partial charge >= 0.3 is 12.0 Å². The van der Waals surface area contributed by atoms with Gasteiger partial charge in [-0.2, -0.15) is 0 Å². The van der Waals surface area contributed by atoms with E-state index in [0.29, 0.717) is 19.5 Å². The monoisotopic (exact) mass is 285 g/mol. The fourth-order valence-corrected chi connectivity index (χ4v) is 2.15. The van der Waals surface area contributed by atoms with E-state index in [9.17, 15) is 14.4 Å². The Kier molecular flexibility index (Phi) is 5.35. The van der Waals surface area contributed by atoms with E-state index in [1.54, 1.807) is 13.8 Å². The Morgan fingerprint density at radius 1 is 1.50 bits per heavy atom. The maximum Gasteiger partial charge on any atom is 0.326 e. The van der Waals surface area contributed by atoms with Crippen molar-refractivity contribution in [3.05, 3.63) is 0 Å². The third-order valence-electron chi connectivity index (χ3n) is 3.54.